The summed E-state index contributed by atoms with van der Waals surface area (Å²) in [7, 11) is 0. The number of carbonyl (C=O) groups is 3. The van der Waals surface area contributed by atoms with E-state index in [9.17, 15) is 23.2 Å². The smallest absolute Gasteiger partial charge is 0.404 e. The molecule has 3 N–H and O–H groups in total. The molecule has 0 saturated heterocycles. The lowest BCUT2D eigenvalue weighted by molar-refractivity contribution is -0.124. The summed E-state index contributed by atoms with van der Waals surface area (Å²) in [6.07, 6.45) is -2.96. The molecule has 3 aromatic rings. The third-order valence-electron chi connectivity index (χ3n) is 4.57. The van der Waals surface area contributed by atoms with Gasteiger partial charge in [-0.05, 0) is 17.7 Å². The van der Waals surface area contributed by atoms with E-state index in [4.69, 9.17) is 10.2 Å². The third-order valence-corrected chi connectivity index (χ3v) is 4.57. The van der Waals surface area contributed by atoms with Gasteiger partial charge in [-0.3, -0.25) is 9.59 Å². The maximum Gasteiger partial charge on any atom is 0.404 e. The van der Waals surface area contributed by atoms with Crippen molar-refractivity contribution in [1.29, 1.82) is 0 Å². The zero-order valence-corrected chi connectivity index (χ0v) is 16.9. The summed E-state index contributed by atoms with van der Waals surface area (Å²) in [6, 6.07) is 13.4. The normalized spacial score (nSPS) is 12.3. The largest absolute Gasteiger partial charge is 0.447 e. The second-order valence-electron chi connectivity index (χ2n) is 7.12. The molecule has 0 fully saturated rings. The van der Waals surface area contributed by atoms with Crippen LogP contribution in [-0.4, -0.2) is 41.3 Å². The van der Waals surface area contributed by atoms with E-state index in [0.717, 1.165) is 0 Å². The molecule has 32 heavy (non-hydrogen) atoms. The first-order valence-corrected chi connectivity index (χ1v) is 9.77. The number of para-hydroxylation sites is 2. The Kier molecular flexibility index (Phi) is 7.14. The number of carbonyl (C=O) groups excluding carboxylic acids is 3. The molecular formula is C22H21F2N3O5. The van der Waals surface area contributed by atoms with Gasteiger partial charge in [0.25, 0.3) is 11.8 Å². The molecule has 2 aromatic carbocycles. The molecular weight excluding hydrogens is 424 g/mol. The molecule has 1 heterocycles. The van der Waals surface area contributed by atoms with E-state index in [2.05, 4.69) is 15.0 Å². The Morgan fingerprint density at radius 1 is 1.09 bits per heavy atom. The molecule has 1 aromatic heterocycles. The van der Waals surface area contributed by atoms with Gasteiger partial charge in [-0.15, -0.1) is 0 Å². The van der Waals surface area contributed by atoms with Gasteiger partial charge in [0.05, 0.1) is 0 Å². The van der Waals surface area contributed by atoms with E-state index in [1.54, 1.807) is 54.6 Å². The van der Waals surface area contributed by atoms with Gasteiger partial charge in [0.15, 0.2) is 5.58 Å². The quantitative estimate of drug-likeness (QED) is 0.462. The molecule has 0 aliphatic carbocycles. The number of rotatable bonds is 10. The number of nitrogens with two attached hydrogens (primary N) is 1. The molecule has 1 atom stereocenters. The van der Waals surface area contributed by atoms with Crippen molar-refractivity contribution in [2.24, 2.45) is 5.73 Å². The van der Waals surface area contributed by atoms with Gasteiger partial charge >= 0.3 is 6.09 Å². The van der Waals surface area contributed by atoms with Crippen molar-refractivity contribution >= 4 is 28.9 Å². The van der Waals surface area contributed by atoms with Crippen molar-refractivity contribution in [3.05, 3.63) is 66.1 Å². The fourth-order valence-corrected chi connectivity index (χ4v) is 3.02. The molecule has 0 aliphatic rings. The Morgan fingerprint density at radius 3 is 2.47 bits per heavy atom. The zero-order valence-electron chi connectivity index (χ0n) is 16.9. The first kappa shape index (κ1) is 22.9. The number of nitrogens with zero attached hydrogens (tertiary/aromatic N) is 1. The molecule has 3 rings (SSSR count). The van der Waals surface area contributed by atoms with Crippen LogP contribution in [0.4, 0.5) is 13.6 Å². The van der Waals surface area contributed by atoms with Crippen LogP contribution in [0.1, 0.15) is 29.1 Å². The summed E-state index contributed by atoms with van der Waals surface area (Å²) >= 11 is 0. The number of hydrogen-bond acceptors (Lipinski definition) is 6. The predicted octanol–water partition coefficient (Wildman–Crippen LogP) is 3.25. The highest BCUT2D eigenvalue weighted by Crippen LogP contribution is 2.25. The van der Waals surface area contributed by atoms with Crippen molar-refractivity contribution in [3.8, 4) is 0 Å². The molecule has 0 saturated carbocycles. The fraction of sp³-hybridized carbons (Fsp3) is 0.273. The van der Waals surface area contributed by atoms with E-state index < -0.39 is 55.6 Å². The number of Topliss-reactive ketones (excluding diaryl/α,β-unsaturated/α-hetero) is 1. The number of halogens is 2. The summed E-state index contributed by atoms with van der Waals surface area (Å²) in [6.45, 7) is -0.598. The van der Waals surface area contributed by atoms with Crippen LogP contribution in [0.25, 0.3) is 11.1 Å². The Hall–Kier alpha value is -3.82. The number of ketones is 1. The molecule has 0 spiro atoms. The predicted molar refractivity (Wildman–Crippen MR) is 110 cm³/mol. The minimum Gasteiger partial charge on any atom is -0.447 e. The van der Waals surface area contributed by atoms with Crippen LogP contribution in [0.2, 0.25) is 0 Å². The minimum absolute atomic E-state index is 0.320. The second-order valence-corrected chi connectivity index (χ2v) is 7.12. The summed E-state index contributed by atoms with van der Waals surface area (Å²) in [5.41, 5.74) is 6.14. The summed E-state index contributed by atoms with van der Waals surface area (Å²) in [4.78, 5) is 40.0. The fourth-order valence-electron chi connectivity index (χ4n) is 3.02. The van der Waals surface area contributed by atoms with Gasteiger partial charge in [0.1, 0.15) is 18.2 Å². The molecule has 8 nitrogen and oxygen atoms in total. The van der Waals surface area contributed by atoms with E-state index >= 15 is 0 Å². The van der Waals surface area contributed by atoms with Gasteiger partial charge in [-0.1, -0.05) is 42.5 Å². The molecule has 10 heteroatoms. The number of aromatic nitrogens is 1. The second kappa shape index (κ2) is 9.99. The number of hydrogen-bond donors (Lipinski definition) is 2. The van der Waals surface area contributed by atoms with Crippen LogP contribution in [-0.2, 0) is 16.0 Å². The van der Waals surface area contributed by atoms with Crippen LogP contribution in [0, 0.1) is 0 Å². The lowest BCUT2D eigenvalue weighted by Gasteiger charge is -2.18. The average Bonchev–Trinajstić information content (AvgIpc) is 3.19. The number of oxazole rings is 1. The van der Waals surface area contributed by atoms with Gasteiger partial charge in [-0.25, -0.2) is 18.6 Å². The van der Waals surface area contributed by atoms with Crippen LogP contribution < -0.4 is 11.1 Å². The van der Waals surface area contributed by atoms with Gasteiger partial charge < -0.3 is 20.2 Å². The first-order valence-electron chi connectivity index (χ1n) is 9.77. The number of ether oxygens (including phenoxy) is 1. The number of amides is 2. The van der Waals surface area contributed by atoms with E-state index in [0.29, 0.717) is 16.7 Å². The van der Waals surface area contributed by atoms with E-state index in [1.807, 2.05) is 0 Å². The maximum atomic E-state index is 14.2. The van der Waals surface area contributed by atoms with Crippen LogP contribution in [0.3, 0.4) is 0 Å². The topological polar surface area (TPSA) is 125 Å². The maximum absolute atomic E-state index is 14.2. The summed E-state index contributed by atoms with van der Waals surface area (Å²) in [5.74, 6) is -5.05. The highest BCUT2D eigenvalue weighted by molar-refractivity contribution is 6.00. The Balaban J connectivity index is 1.64. The van der Waals surface area contributed by atoms with Crippen molar-refractivity contribution < 1.29 is 32.3 Å². The van der Waals surface area contributed by atoms with Gasteiger partial charge in [0.2, 0.25) is 11.7 Å². The zero-order chi connectivity index (χ0) is 23.1. The number of alkyl halides is 2. The average molecular weight is 445 g/mol. The summed E-state index contributed by atoms with van der Waals surface area (Å²) < 4.78 is 38.5. The lowest BCUT2D eigenvalue weighted by Crippen LogP contribution is -2.45. The number of benzene rings is 2. The molecule has 0 radical (unpaired) electrons. The van der Waals surface area contributed by atoms with Crippen LogP contribution in [0.15, 0.2) is 59.0 Å². The molecule has 1 unspecified atom stereocenters. The Bertz CT molecular complexity index is 1070. The standard InChI is InChI=1S/C22H21F2N3O5/c23-22(24,12-14-6-2-1-3-7-14)11-10-18(28)26-16(13-31-21(25)30)19(29)20-27-15-8-4-5-9-17(15)32-20/h1-9,16H,10-13H2,(H2,25,30)(H,26,28). The van der Waals surface area contributed by atoms with Crippen molar-refractivity contribution in [3.63, 3.8) is 0 Å². The number of fused-ring (bicyclic) bond motifs is 1. The molecule has 168 valence electrons. The number of primary amides is 1. The molecule has 2 amide bonds. The SMILES string of the molecule is NC(=O)OCC(NC(=O)CCC(F)(F)Cc1ccccc1)C(=O)c1nc2ccccc2o1. The molecule has 0 bridgehead atoms. The summed E-state index contributed by atoms with van der Waals surface area (Å²) in [5, 5.41) is 2.30. The van der Waals surface area contributed by atoms with Gasteiger partial charge in [0, 0.05) is 19.3 Å². The Morgan fingerprint density at radius 2 is 1.78 bits per heavy atom. The highest BCUT2D eigenvalue weighted by Gasteiger charge is 2.32. The highest BCUT2D eigenvalue weighted by atomic mass is 19.3. The van der Waals surface area contributed by atoms with Crippen molar-refractivity contribution in [2.45, 2.75) is 31.2 Å². The van der Waals surface area contributed by atoms with E-state index in [1.165, 1.54) is 0 Å². The first-order chi connectivity index (χ1) is 15.2. The number of nitrogens with one attached hydrogen (secondary N) is 1. The monoisotopic (exact) mass is 445 g/mol. The Labute approximate surface area is 181 Å². The van der Waals surface area contributed by atoms with Crippen molar-refractivity contribution in [2.75, 3.05) is 6.61 Å². The minimum atomic E-state index is -3.12. The third kappa shape index (κ3) is 6.34. The molecule has 0 aliphatic heterocycles. The lowest BCUT2D eigenvalue weighted by atomic mass is 10.0. The van der Waals surface area contributed by atoms with Crippen LogP contribution >= 0.6 is 0 Å². The van der Waals surface area contributed by atoms with E-state index in [-0.39, 0.29) is 5.89 Å². The van der Waals surface area contributed by atoms with Gasteiger partial charge in [-0.2, -0.15) is 0 Å². The van der Waals surface area contributed by atoms with Crippen LogP contribution in [0.5, 0.6) is 0 Å². The van der Waals surface area contributed by atoms with Crippen molar-refractivity contribution in [1.82, 2.24) is 10.3 Å².